The summed E-state index contributed by atoms with van der Waals surface area (Å²) in [6.07, 6.45) is 2.81. The lowest BCUT2D eigenvalue weighted by molar-refractivity contribution is 0.499. The van der Waals surface area contributed by atoms with Gasteiger partial charge >= 0.3 is 0 Å². The van der Waals surface area contributed by atoms with Gasteiger partial charge in [-0.25, -0.2) is 13.4 Å². The van der Waals surface area contributed by atoms with Gasteiger partial charge in [-0.3, -0.25) is 4.79 Å². The van der Waals surface area contributed by atoms with E-state index in [9.17, 15) is 13.2 Å². The molecule has 7 heteroatoms. The van der Waals surface area contributed by atoms with Crippen LogP contribution in [-0.4, -0.2) is 29.6 Å². The maximum Gasteiger partial charge on any atom is 0.288 e. The van der Waals surface area contributed by atoms with Crippen molar-refractivity contribution in [3.8, 4) is 0 Å². The lowest BCUT2D eigenvalue weighted by Gasteiger charge is -2.09. The number of hydrogen-bond donors (Lipinski definition) is 0. The van der Waals surface area contributed by atoms with Crippen molar-refractivity contribution in [2.45, 2.75) is 25.4 Å². The Balaban J connectivity index is 3.24. The summed E-state index contributed by atoms with van der Waals surface area (Å²) in [5.41, 5.74) is -0.577. The summed E-state index contributed by atoms with van der Waals surface area (Å²) in [7, 11) is -3.68. The SMILES string of the molecule is CC(C)Cn1ccnc(S(=O)(=O)CCCl)c1=O. The highest BCUT2D eigenvalue weighted by atomic mass is 35.5. The zero-order chi connectivity index (χ0) is 13.1. The second-order valence-electron chi connectivity index (χ2n) is 4.09. The van der Waals surface area contributed by atoms with E-state index >= 15 is 0 Å². The third-order valence-electron chi connectivity index (χ3n) is 2.08. The fraction of sp³-hybridized carbons (Fsp3) is 0.600. The molecule has 96 valence electrons. The molecule has 0 unspecified atom stereocenters. The van der Waals surface area contributed by atoms with Gasteiger partial charge < -0.3 is 4.57 Å². The average molecular weight is 279 g/mol. The molecule has 0 saturated carbocycles. The molecule has 0 N–H and O–H groups in total. The second-order valence-corrected chi connectivity index (χ2v) is 6.49. The predicted octanol–water partition coefficient (Wildman–Crippen LogP) is 0.912. The highest BCUT2D eigenvalue weighted by Crippen LogP contribution is 2.03. The average Bonchev–Trinajstić information content (AvgIpc) is 2.20. The molecule has 0 amide bonds. The van der Waals surface area contributed by atoms with Gasteiger partial charge in [0.1, 0.15) is 0 Å². The minimum Gasteiger partial charge on any atom is -0.311 e. The molecule has 0 aliphatic carbocycles. The van der Waals surface area contributed by atoms with Gasteiger partial charge in [-0.05, 0) is 5.92 Å². The molecule has 0 spiro atoms. The molecule has 1 rings (SSSR count). The van der Waals surface area contributed by atoms with Crippen LogP contribution in [0, 0.1) is 5.92 Å². The summed E-state index contributed by atoms with van der Waals surface area (Å²) in [5.74, 6) is -0.0796. The molecule has 0 fully saturated rings. The van der Waals surface area contributed by atoms with Crippen molar-refractivity contribution in [1.82, 2.24) is 9.55 Å². The highest BCUT2D eigenvalue weighted by molar-refractivity contribution is 7.91. The van der Waals surface area contributed by atoms with Gasteiger partial charge in [0.25, 0.3) is 5.56 Å². The van der Waals surface area contributed by atoms with E-state index < -0.39 is 20.4 Å². The number of hydrogen-bond acceptors (Lipinski definition) is 4. The van der Waals surface area contributed by atoms with Crippen molar-refractivity contribution in [1.29, 1.82) is 0 Å². The molecule has 0 aromatic carbocycles. The maximum atomic E-state index is 11.9. The summed E-state index contributed by atoms with van der Waals surface area (Å²) in [5, 5.41) is -0.415. The summed E-state index contributed by atoms with van der Waals surface area (Å²) >= 11 is 5.40. The molecule has 17 heavy (non-hydrogen) atoms. The van der Waals surface area contributed by atoms with Crippen LogP contribution in [0.3, 0.4) is 0 Å². The van der Waals surface area contributed by atoms with E-state index in [1.165, 1.54) is 17.0 Å². The van der Waals surface area contributed by atoms with Crippen LogP contribution in [0.4, 0.5) is 0 Å². The zero-order valence-electron chi connectivity index (χ0n) is 9.76. The second kappa shape index (κ2) is 5.64. The van der Waals surface area contributed by atoms with Crippen molar-refractivity contribution in [2.75, 3.05) is 11.6 Å². The van der Waals surface area contributed by atoms with Crippen molar-refractivity contribution in [3.05, 3.63) is 22.7 Å². The Morgan fingerprint density at radius 3 is 2.65 bits per heavy atom. The molecule has 0 radical (unpaired) electrons. The predicted molar refractivity (Wildman–Crippen MR) is 66.1 cm³/mol. The number of rotatable bonds is 5. The number of nitrogens with zero attached hydrogens (tertiary/aromatic N) is 2. The first-order chi connectivity index (χ1) is 7.88. The molecule has 5 nitrogen and oxygen atoms in total. The van der Waals surface area contributed by atoms with E-state index in [2.05, 4.69) is 4.98 Å². The number of alkyl halides is 1. The molecule has 1 heterocycles. The van der Waals surface area contributed by atoms with Crippen molar-refractivity contribution in [3.63, 3.8) is 0 Å². The summed E-state index contributed by atoms with van der Waals surface area (Å²) in [4.78, 5) is 15.6. The van der Waals surface area contributed by atoms with Crippen molar-refractivity contribution >= 4 is 21.4 Å². The largest absolute Gasteiger partial charge is 0.311 e. The van der Waals surface area contributed by atoms with Gasteiger partial charge in [-0.1, -0.05) is 13.8 Å². The van der Waals surface area contributed by atoms with Gasteiger partial charge in [0, 0.05) is 24.8 Å². The molecule has 0 saturated heterocycles. The summed E-state index contributed by atoms with van der Waals surface area (Å²) in [6.45, 7) is 4.35. The van der Waals surface area contributed by atoms with Gasteiger partial charge in [0.2, 0.25) is 14.9 Å². The topological polar surface area (TPSA) is 69.0 Å². The van der Waals surface area contributed by atoms with Crippen LogP contribution in [0.1, 0.15) is 13.8 Å². The molecule has 0 aliphatic heterocycles. The van der Waals surface area contributed by atoms with Gasteiger partial charge in [-0.2, -0.15) is 0 Å². The van der Waals surface area contributed by atoms with Crippen LogP contribution in [0.2, 0.25) is 0 Å². The van der Waals surface area contributed by atoms with E-state index in [-0.39, 0.29) is 17.6 Å². The first-order valence-electron chi connectivity index (χ1n) is 5.22. The highest BCUT2D eigenvalue weighted by Gasteiger charge is 2.20. The van der Waals surface area contributed by atoms with E-state index in [0.29, 0.717) is 6.54 Å². The Labute approximate surface area is 105 Å². The van der Waals surface area contributed by atoms with E-state index in [1.807, 2.05) is 13.8 Å². The quantitative estimate of drug-likeness (QED) is 0.751. The standard InChI is InChI=1S/C10H15ClN2O3S/c1-8(2)7-13-5-4-12-9(10(13)14)17(15,16)6-3-11/h4-5,8H,3,6-7H2,1-2H3. The van der Waals surface area contributed by atoms with Gasteiger partial charge in [-0.15, -0.1) is 11.6 Å². The van der Waals surface area contributed by atoms with E-state index in [0.717, 1.165) is 0 Å². The minimum absolute atomic E-state index is 0.0530. The molecule has 0 bridgehead atoms. The lowest BCUT2D eigenvalue weighted by atomic mass is 10.2. The Morgan fingerprint density at radius 2 is 2.12 bits per heavy atom. The first-order valence-corrected chi connectivity index (χ1v) is 7.41. The van der Waals surface area contributed by atoms with Crippen LogP contribution in [-0.2, 0) is 16.4 Å². The Morgan fingerprint density at radius 1 is 1.47 bits per heavy atom. The van der Waals surface area contributed by atoms with Crippen LogP contribution >= 0.6 is 11.6 Å². The fourth-order valence-corrected chi connectivity index (χ4v) is 2.99. The summed E-state index contributed by atoms with van der Waals surface area (Å²) in [6, 6.07) is 0. The van der Waals surface area contributed by atoms with Crippen LogP contribution in [0.15, 0.2) is 22.2 Å². The van der Waals surface area contributed by atoms with Crippen LogP contribution < -0.4 is 5.56 Å². The Hall–Kier alpha value is -0.880. The lowest BCUT2D eigenvalue weighted by Crippen LogP contribution is -2.29. The zero-order valence-corrected chi connectivity index (χ0v) is 11.3. The summed E-state index contributed by atoms with van der Waals surface area (Å²) < 4.78 is 24.8. The molecular weight excluding hydrogens is 264 g/mol. The molecule has 0 atom stereocenters. The Bertz CT molecular complexity index is 537. The molecule has 1 aromatic heterocycles. The third-order valence-corrected chi connectivity index (χ3v) is 4.11. The number of sulfone groups is 1. The normalized spacial score (nSPS) is 12.0. The smallest absolute Gasteiger partial charge is 0.288 e. The fourth-order valence-electron chi connectivity index (χ4n) is 1.38. The van der Waals surface area contributed by atoms with Crippen molar-refractivity contribution < 1.29 is 8.42 Å². The maximum absolute atomic E-state index is 11.9. The molecular formula is C10H15ClN2O3S. The molecule has 1 aromatic rings. The number of aromatic nitrogens is 2. The van der Waals surface area contributed by atoms with Crippen LogP contribution in [0.5, 0.6) is 0 Å². The number of halogens is 1. The monoisotopic (exact) mass is 278 g/mol. The van der Waals surface area contributed by atoms with Crippen LogP contribution in [0.25, 0.3) is 0 Å². The third kappa shape index (κ3) is 3.54. The van der Waals surface area contributed by atoms with Gasteiger partial charge in [0.15, 0.2) is 0 Å². The Kier molecular flexibility index (Phi) is 4.70. The van der Waals surface area contributed by atoms with Crippen molar-refractivity contribution in [2.24, 2.45) is 5.92 Å². The molecule has 0 aliphatic rings. The van der Waals surface area contributed by atoms with E-state index in [1.54, 1.807) is 0 Å². The minimum atomic E-state index is -3.68. The van der Waals surface area contributed by atoms with E-state index in [4.69, 9.17) is 11.6 Å². The first kappa shape index (κ1) is 14.2. The van der Waals surface area contributed by atoms with Gasteiger partial charge in [0.05, 0.1) is 5.75 Å².